The van der Waals surface area contributed by atoms with E-state index in [9.17, 15) is 9.59 Å². The zero-order valence-electron chi connectivity index (χ0n) is 9.98. The van der Waals surface area contributed by atoms with Gasteiger partial charge in [0.05, 0.1) is 19.1 Å². The van der Waals surface area contributed by atoms with Gasteiger partial charge in [0.25, 0.3) is 0 Å². The molecule has 2 rings (SSSR count). The SMILES string of the molecule is COC(=O)C1CCN(C(=O)C2CSCN2)CC1. The first-order valence-corrected chi connectivity index (χ1v) is 7.05. The Kier molecular flexibility index (Phi) is 4.28. The molecular formula is C11H18N2O3S. The Bertz CT molecular complexity index is 297. The van der Waals surface area contributed by atoms with Crippen LogP contribution in [0.5, 0.6) is 0 Å². The van der Waals surface area contributed by atoms with Gasteiger partial charge in [0.15, 0.2) is 0 Å². The van der Waals surface area contributed by atoms with Crippen molar-refractivity contribution in [2.75, 3.05) is 31.8 Å². The van der Waals surface area contributed by atoms with E-state index in [1.54, 1.807) is 11.8 Å². The Labute approximate surface area is 105 Å². The molecule has 0 aromatic carbocycles. The van der Waals surface area contributed by atoms with Crippen LogP contribution in [-0.2, 0) is 14.3 Å². The summed E-state index contributed by atoms with van der Waals surface area (Å²) in [7, 11) is 1.42. The van der Waals surface area contributed by atoms with E-state index in [2.05, 4.69) is 5.32 Å². The molecule has 17 heavy (non-hydrogen) atoms. The molecule has 1 atom stereocenters. The van der Waals surface area contributed by atoms with E-state index in [-0.39, 0.29) is 23.8 Å². The van der Waals surface area contributed by atoms with Crippen molar-refractivity contribution in [2.24, 2.45) is 5.92 Å². The van der Waals surface area contributed by atoms with Crippen LogP contribution in [0.2, 0.25) is 0 Å². The molecule has 0 aromatic rings. The second-order valence-electron chi connectivity index (χ2n) is 4.39. The summed E-state index contributed by atoms with van der Waals surface area (Å²) in [4.78, 5) is 25.3. The molecular weight excluding hydrogens is 240 g/mol. The minimum Gasteiger partial charge on any atom is -0.469 e. The van der Waals surface area contributed by atoms with Crippen LogP contribution in [0.3, 0.4) is 0 Å². The predicted octanol–water partition coefficient (Wildman–Crippen LogP) is 0.0605. The first-order chi connectivity index (χ1) is 8.22. The van der Waals surface area contributed by atoms with Crippen molar-refractivity contribution < 1.29 is 14.3 Å². The molecule has 0 bridgehead atoms. The summed E-state index contributed by atoms with van der Waals surface area (Å²) in [6, 6.07) is -0.0327. The monoisotopic (exact) mass is 258 g/mol. The maximum Gasteiger partial charge on any atom is 0.308 e. The molecule has 2 aliphatic heterocycles. The number of esters is 1. The van der Waals surface area contributed by atoms with E-state index in [1.807, 2.05) is 4.90 Å². The van der Waals surface area contributed by atoms with Crippen LogP contribution in [0.4, 0.5) is 0 Å². The Hall–Kier alpha value is -0.750. The zero-order valence-corrected chi connectivity index (χ0v) is 10.8. The standard InChI is InChI=1S/C11H18N2O3S/c1-16-11(15)8-2-4-13(5-3-8)10(14)9-6-17-7-12-9/h8-9,12H,2-7H2,1H3. The van der Waals surface area contributed by atoms with Gasteiger partial charge >= 0.3 is 5.97 Å². The van der Waals surface area contributed by atoms with Crippen molar-refractivity contribution in [3.63, 3.8) is 0 Å². The van der Waals surface area contributed by atoms with Crippen molar-refractivity contribution in [1.29, 1.82) is 0 Å². The van der Waals surface area contributed by atoms with E-state index in [1.165, 1.54) is 7.11 Å². The number of piperidine rings is 1. The molecule has 0 aromatic heterocycles. The lowest BCUT2D eigenvalue weighted by atomic mass is 9.96. The molecule has 1 N–H and O–H groups in total. The van der Waals surface area contributed by atoms with Crippen LogP contribution in [0, 0.1) is 5.92 Å². The third kappa shape index (κ3) is 2.93. The third-order valence-corrected chi connectivity index (χ3v) is 4.30. The van der Waals surface area contributed by atoms with Crippen LogP contribution < -0.4 is 5.32 Å². The van der Waals surface area contributed by atoms with Gasteiger partial charge in [-0.15, -0.1) is 11.8 Å². The number of nitrogens with one attached hydrogen (secondary N) is 1. The van der Waals surface area contributed by atoms with E-state index in [0.717, 1.165) is 24.5 Å². The smallest absolute Gasteiger partial charge is 0.308 e. The topological polar surface area (TPSA) is 58.6 Å². The van der Waals surface area contributed by atoms with Gasteiger partial charge in [-0.25, -0.2) is 0 Å². The highest BCUT2D eigenvalue weighted by Gasteiger charge is 2.32. The summed E-state index contributed by atoms with van der Waals surface area (Å²) in [5.74, 6) is 1.71. The van der Waals surface area contributed by atoms with Gasteiger partial charge in [0.1, 0.15) is 0 Å². The highest BCUT2D eigenvalue weighted by molar-refractivity contribution is 7.99. The third-order valence-electron chi connectivity index (χ3n) is 3.36. The van der Waals surface area contributed by atoms with Gasteiger partial charge in [0.2, 0.25) is 5.91 Å². The van der Waals surface area contributed by atoms with E-state index < -0.39 is 0 Å². The van der Waals surface area contributed by atoms with E-state index in [0.29, 0.717) is 13.1 Å². The molecule has 2 aliphatic rings. The van der Waals surface area contributed by atoms with Gasteiger partial charge in [-0.2, -0.15) is 0 Å². The lowest BCUT2D eigenvalue weighted by Crippen LogP contribution is -2.48. The highest BCUT2D eigenvalue weighted by Crippen LogP contribution is 2.20. The van der Waals surface area contributed by atoms with Crippen molar-refractivity contribution in [1.82, 2.24) is 10.2 Å². The van der Waals surface area contributed by atoms with Crippen molar-refractivity contribution >= 4 is 23.6 Å². The normalized spacial score (nSPS) is 25.9. The fourth-order valence-electron chi connectivity index (χ4n) is 2.28. The maximum atomic E-state index is 12.1. The average molecular weight is 258 g/mol. The molecule has 2 fully saturated rings. The number of methoxy groups -OCH3 is 1. The number of ether oxygens (including phenoxy) is 1. The first kappa shape index (κ1) is 12.7. The second kappa shape index (κ2) is 5.73. The van der Waals surface area contributed by atoms with Crippen LogP contribution in [0.15, 0.2) is 0 Å². The Balaban J connectivity index is 1.82. The fourth-order valence-corrected chi connectivity index (χ4v) is 3.21. The number of thioether (sulfide) groups is 1. The first-order valence-electron chi connectivity index (χ1n) is 5.90. The lowest BCUT2D eigenvalue weighted by Gasteiger charge is -2.32. The van der Waals surface area contributed by atoms with E-state index in [4.69, 9.17) is 4.74 Å². The number of hydrogen-bond donors (Lipinski definition) is 1. The molecule has 0 radical (unpaired) electrons. The Morgan fingerprint density at radius 3 is 2.59 bits per heavy atom. The number of likely N-dealkylation sites (tertiary alicyclic amines) is 1. The number of amides is 1. The van der Waals surface area contributed by atoms with Crippen LogP contribution in [-0.4, -0.2) is 54.6 Å². The number of carbonyl (C=O) groups excluding carboxylic acids is 2. The summed E-state index contributed by atoms with van der Waals surface area (Å²) in [6.45, 7) is 1.34. The molecule has 2 heterocycles. The van der Waals surface area contributed by atoms with Crippen LogP contribution >= 0.6 is 11.8 Å². The minimum absolute atomic E-state index is 0.0324. The van der Waals surface area contributed by atoms with Crippen molar-refractivity contribution in [3.8, 4) is 0 Å². The summed E-state index contributed by atoms with van der Waals surface area (Å²) < 4.78 is 4.73. The molecule has 0 spiro atoms. The van der Waals surface area contributed by atoms with Gasteiger partial charge in [-0.1, -0.05) is 0 Å². The molecule has 96 valence electrons. The van der Waals surface area contributed by atoms with Gasteiger partial charge in [-0.05, 0) is 12.8 Å². The summed E-state index contributed by atoms with van der Waals surface area (Å²) in [5, 5.41) is 3.18. The quantitative estimate of drug-likeness (QED) is 0.710. The van der Waals surface area contributed by atoms with Crippen molar-refractivity contribution in [3.05, 3.63) is 0 Å². The molecule has 1 amide bonds. The number of carbonyl (C=O) groups is 2. The number of hydrogen-bond acceptors (Lipinski definition) is 5. The fraction of sp³-hybridized carbons (Fsp3) is 0.818. The van der Waals surface area contributed by atoms with Gasteiger partial charge < -0.3 is 9.64 Å². The molecule has 0 saturated carbocycles. The average Bonchev–Trinajstić information content (AvgIpc) is 2.91. The molecule has 5 nitrogen and oxygen atoms in total. The predicted molar refractivity (Wildman–Crippen MR) is 65.6 cm³/mol. The molecule has 1 unspecified atom stereocenters. The summed E-state index contributed by atoms with van der Waals surface area (Å²) in [5.41, 5.74) is 0. The largest absolute Gasteiger partial charge is 0.469 e. The Morgan fingerprint density at radius 1 is 1.35 bits per heavy atom. The maximum absolute atomic E-state index is 12.1. The van der Waals surface area contributed by atoms with Crippen LogP contribution in [0.1, 0.15) is 12.8 Å². The number of rotatable bonds is 2. The summed E-state index contributed by atoms with van der Waals surface area (Å²) >= 11 is 1.75. The molecule has 0 aliphatic carbocycles. The van der Waals surface area contributed by atoms with Crippen LogP contribution in [0.25, 0.3) is 0 Å². The summed E-state index contributed by atoms with van der Waals surface area (Å²) in [6.07, 6.45) is 1.44. The van der Waals surface area contributed by atoms with Gasteiger partial charge in [0, 0.05) is 24.7 Å². The van der Waals surface area contributed by atoms with E-state index >= 15 is 0 Å². The van der Waals surface area contributed by atoms with Crippen molar-refractivity contribution in [2.45, 2.75) is 18.9 Å². The van der Waals surface area contributed by atoms with Gasteiger partial charge in [-0.3, -0.25) is 14.9 Å². The zero-order chi connectivity index (χ0) is 12.3. The lowest BCUT2D eigenvalue weighted by molar-refractivity contribution is -0.149. The second-order valence-corrected chi connectivity index (χ2v) is 5.42. The Morgan fingerprint density at radius 2 is 2.06 bits per heavy atom. The molecule has 6 heteroatoms. The highest BCUT2D eigenvalue weighted by atomic mass is 32.2. The number of nitrogens with zero attached hydrogens (tertiary/aromatic N) is 1. The molecule has 2 saturated heterocycles. The minimum atomic E-state index is -0.147.